The third-order valence-corrected chi connectivity index (χ3v) is 7.36. The van der Waals surface area contributed by atoms with Crippen molar-refractivity contribution in [2.24, 2.45) is 0 Å². The SMILES string of the molecule is COc1ccc(C(=O)N2CCC(=CC(=O)N[C@@H]3CCN(Cc4ccc5cc(F)ccc5c4)C3)CC2)c(O)c1. The van der Waals surface area contributed by atoms with Gasteiger partial charge in [0.15, 0.2) is 0 Å². The van der Waals surface area contributed by atoms with Crippen molar-refractivity contribution in [1.82, 2.24) is 15.1 Å². The summed E-state index contributed by atoms with van der Waals surface area (Å²) in [4.78, 5) is 29.5. The van der Waals surface area contributed by atoms with E-state index in [0.29, 0.717) is 31.7 Å². The van der Waals surface area contributed by atoms with Gasteiger partial charge in [-0.25, -0.2) is 4.39 Å². The Kier molecular flexibility index (Phi) is 7.60. The number of carbonyl (C=O) groups is 2. The quantitative estimate of drug-likeness (QED) is 0.478. The minimum absolute atomic E-state index is 0.0906. The van der Waals surface area contributed by atoms with E-state index < -0.39 is 0 Å². The number of likely N-dealkylation sites (tertiary alicyclic amines) is 2. The van der Waals surface area contributed by atoms with E-state index in [1.165, 1.54) is 24.8 Å². The first-order valence-electron chi connectivity index (χ1n) is 12.9. The van der Waals surface area contributed by atoms with Gasteiger partial charge in [-0.05, 0) is 65.9 Å². The Morgan fingerprint density at radius 2 is 1.82 bits per heavy atom. The van der Waals surface area contributed by atoms with Crippen LogP contribution >= 0.6 is 0 Å². The van der Waals surface area contributed by atoms with E-state index in [9.17, 15) is 19.1 Å². The molecule has 0 spiro atoms. The van der Waals surface area contributed by atoms with E-state index in [0.717, 1.165) is 42.4 Å². The summed E-state index contributed by atoms with van der Waals surface area (Å²) in [6.07, 6.45) is 3.82. The van der Waals surface area contributed by atoms with Crippen LogP contribution in [0.25, 0.3) is 10.8 Å². The molecule has 2 aliphatic rings. The minimum atomic E-state index is -0.230. The molecule has 2 fully saturated rings. The fraction of sp³-hybridized carbons (Fsp3) is 0.333. The Balaban J connectivity index is 1.09. The molecule has 0 radical (unpaired) electrons. The molecule has 3 aromatic rings. The van der Waals surface area contributed by atoms with Gasteiger partial charge in [0.2, 0.25) is 5.91 Å². The highest BCUT2D eigenvalue weighted by atomic mass is 19.1. The van der Waals surface area contributed by atoms with Crippen LogP contribution in [0.1, 0.15) is 35.2 Å². The van der Waals surface area contributed by atoms with Crippen molar-refractivity contribution in [3.63, 3.8) is 0 Å². The molecule has 0 saturated carbocycles. The highest BCUT2D eigenvalue weighted by molar-refractivity contribution is 5.97. The van der Waals surface area contributed by atoms with E-state index in [4.69, 9.17) is 4.74 Å². The van der Waals surface area contributed by atoms with E-state index in [2.05, 4.69) is 16.3 Å². The monoisotopic (exact) mass is 517 g/mol. The minimum Gasteiger partial charge on any atom is -0.507 e. The van der Waals surface area contributed by atoms with Crippen LogP contribution in [0.15, 0.2) is 66.2 Å². The van der Waals surface area contributed by atoms with Crippen molar-refractivity contribution >= 4 is 22.6 Å². The van der Waals surface area contributed by atoms with Gasteiger partial charge >= 0.3 is 0 Å². The van der Waals surface area contributed by atoms with Crippen LogP contribution in [0.5, 0.6) is 11.5 Å². The summed E-state index contributed by atoms with van der Waals surface area (Å²) < 4.78 is 18.5. The molecule has 198 valence electrons. The van der Waals surface area contributed by atoms with Crippen molar-refractivity contribution in [2.45, 2.75) is 31.8 Å². The summed E-state index contributed by atoms with van der Waals surface area (Å²) in [6.45, 7) is 3.47. The van der Waals surface area contributed by atoms with Crippen LogP contribution in [0.2, 0.25) is 0 Å². The van der Waals surface area contributed by atoms with Crippen LogP contribution < -0.4 is 10.1 Å². The van der Waals surface area contributed by atoms with E-state index in [1.807, 2.05) is 12.1 Å². The lowest BCUT2D eigenvalue weighted by atomic mass is 10.0. The van der Waals surface area contributed by atoms with Gasteiger partial charge in [0.1, 0.15) is 17.3 Å². The first-order chi connectivity index (χ1) is 18.4. The maximum atomic E-state index is 13.4. The molecule has 0 aromatic heterocycles. The zero-order valence-electron chi connectivity index (χ0n) is 21.5. The number of aromatic hydroxyl groups is 1. The molecular formula is C30H32FN3O4. The summed E-state index contributed by atoms with van der Waals surface area (Å²) >= 11 is 0. The van der Waals surface area contributed by atoms with Gasteiger partial charge in [-0.3, -0.25) is 14.5 Å². The van der Waals surface area contributed by atoms with Crippen LogP contribution in [-0.2, 0) is 11.3 Å². The molecule has 2 heterocycles. The molecule has 8 heteroatoms. The predicted octanol–water partition coefficient (Wildman–Crippen LogP) is 4.25. The summed E-state index contributed by atoms with van der Waals surface area (Å²) in [6, 6.07) is 15.7. The number of piperidine rings is 1. The highest BCUT2D eigenvalue weighted by Crippen LogP contribution is 2.27. The lowest BCUT2D eigenvalue weighted by Gasteiger charge is -2.28. The Morgan fingerprint density at radius 1 is 1.05 bits per heavy atom. The van der Waals surface area contributed by atoms with Gasteiger partial charge in [0, 0.05) is 50.9 Å². The van der Waals surface area contributed by atoms with Crippen molar-refractivity contribution < 1.29 is 23.8 Å². The number of methoxy groups -OCH3 is 1. The number of carbonyl (C=O) groups excluding carboxylic acids is 2. The number of phenols is 1. The molecule has 0 unspecified atom stereocenters. The number of rotatable bonds is 6. The number of amides is 2. The number of phenolic OH excluding ortho intramolecular Hbond substituents is 1. The standard InChI is InChI=1S/C30H32FN3O4/c1-38-26-6-7-27(28(35)17-26)30(37)34-12-8-20(9-13-34)15-29(36)32-25-10-11-33(19-25)18-21-2-3-23-16-24(31)5-4-22(23)14-21/h2-7,14-17,25,35H,8-13,18-19H2,1H3,(H,32,36)/t25-/m1/s1. The second-order valence-corrected chi connectivity index (χ2v) is 10.0. The molecule has 2 aliphatic heterocycles. The molecule has 0 bridgehead atoms. The van der Waals surface area contributed by atoms with E-state index in [1.54, 1.807) is 35.2 Å². The zero-order valence-corrected chi connectivity index (χ0v) is 21.5. The van der Waals surface area contributed by atoms with Crippen LogP contribution in [0.3, 0.4) is 0 Å². The zero-order chi connectivity index (χ0) is 26.6. The number of nitrogens with one attached hydrogen (secondary N) is 1. The average molecular weight is 518 g/mol. The topological polar surface area (TPSA) is 82.1 Å². The Hall–Kier alpha value is -3.91. The maximum Gasteiger partial charge on any atom is 0.257 e. The van der Waals surface area contributed by atoms with Crippen molar-refractivity contribution in [2.75, 3.05) is 33.3 Å². The molecular weight excluding hydrogens is 485 g/mol. The summed E-state index contributed by atoms with van der Waals surface area (Å²) in [7, 11) is 1.50. The fourth-order valence-electron chi connectivity index (χ4n) is 5.28. The van der Waals surface area contributed by atoms with Crippen molar-refractivity contribution in [3.8, 4) is 11.5 Å². The maximum absolute atomic E-state index is 13.4. The second kappa shape index (κ2) is 11.2. The number of ether oxygens (including phenoxy) is 1. The first-order valence-corrected chi connectivity index (χ1v) is 12.9. The van der Waals surface area contributed by atoms with Crippen molar-refractivity contribution in [3.05, 3.63) is 83.2 Å². The first kappa shape index (κ1) is 25.7. The van der Waals surface area contributed by atoms with Crippen molar-refractivity contribution in [1.29, 1.82) is 0 Å². The van der Waals surface area contributed by atoms with Gasteiger partial charge in [0.25, 0.3) is 5.91 Å². The van der Waals surface area contributed by atoms with Crippen LogP contribution in [0, 0.1) is 5.82 Å². The number of hydrogen-bond donors (Lipinski definition) is 2. The smallest absolute Gasteiger partial charge is 0.257 e. The summed E-state index contributed by atoms with van der Waals surface area (Å²) in [5.41, 5.74) is 2.44. The Morgan fingerprint density at radius 3 is 2.58 bits per heavy atom. The lowest BCUT2D eigenvalue weighted by Crippen LogP contribution is -2.38. The molecule has 5 rings (SSSR count). The molecule has 2 saturated heterocycles. The summed E-state index contributed by atoms with van der Waals surface area (Å²) in [5.74, 6) is -0.154. The average Bonchev–Trinajstić information content (AvgIpc) is 3.35. The molecule has 2 amide bonds. The van der Waals surface area contributed by atoms with Crippen LogP contribution in [-0.4, -0.2) is 66.1 Å². The van der Waals surface area contributed by atoms with Gasteiger partial charge in [-0.2, -0.15) is 0 Å². The fourth-order valence-corrected chi connectivity index (χ4v) is 5.28. The molecule has 7 nitrogen and oxygen atoms in total. The van der Waals surface area contributed by atoms with Gasteiger partial charge in [-0.15, -0.1) is 0 Å². The third kappa shape index (κ3) is 5.97. The molecule has 1 atom stereocenters. The van der Waals surface area contributed by atoms with E-state index in [-0.39, 0.29) is 35.0 Å². The third-order valence-electron chi connectivity index (χ3n) is 7.36. The Bertz CT molecular complexity index is 1380. The second-order valence-electron chi connectivity index (χ2n) is 10.0. The number of halogens is 1. The van der Waals surface area contributed by atoms with Crippen LogP contribution in [0.4, 0.5) is 4.39 Å². The molecule has 3 aromatic carbocycles. The van der Waals surface area contributed by atoms with Gasteiger partial charge in [0.05, 0.1) is 12.7 Å². The highest BCUT2D eigenvalue weighted by Gasteiger charge is 2.25. The normalized spacial score (nSPS) is 18.0. The lowest BCUT2D eigenvalue weighted by molar-refractivity contribution is -0.117. The largest absolute Gasteiger partial charge is 0.507 e. The summed E-state index contributed by atoms with van der Waals surface area (Å²) in [5, 5.41) is 15.2. The number of hydrogen-bond acceptors (Lipinski definition) is 5. The predicted molar refractivity (Wildman–Crippen MR) is 144 cm³/mol. The molecule has 2 N–H and O–H groups in total. The Labute approximate surface area is 221 Å². The molecule has 0 aliphatic carbocycles. The van der Waals surface area contributed by atoms with Gasteiger partial charge < -0.3 is 20.1 Å². The number of benzene rings is 3. The number of nitrogens with zero attached hydrogens (tertiary/aromatic N) is 2. The number of fused-ring (bicyclic) bond motifs is 1. The molecule has 38 heavy (non-hydrogen) atoms. The van der Waals surface area contributed by atoms with Gasteiger partial charge in [-0.1, -0.05) is 23.8 Å². The van der Waals surface area contributed by atoms with E-state index >= 15 is 0 Å².